The van der Waals surface area contributed by atoms with E-state index in [1.54, 1.807) is 6.07 Å². The third kappa shape index (κ3) is 6.21. The molecular formula is C21H25BrO6. The molecule has 2 aromatic rings. The van der Waals surface area contributed by atoms with Gasteiger partial charge in [-0.25, -0.2) is 4.79 Å². The predicted molar refractivity (Wildman–Crippen MR) is 111 cm³/mol. The van der Waals surface area contributed by atoms with Gasteiger partial charge in [0.2, 0.25) is 0 Å². The van der Waals surface area contributed by atoms with E-state index in [9.17, 15) is 9.59 Å². The number of hydrogen-bond acceptors (Lipinski definition) is 6. The van der Waals surface area contributed by atoms with Gasteiger partial charge in [-0.3, -0.25) is 4.79 Å². The highest BCUT2D eigenvalue weighted by molar-refractivity contribution is 9.09. The molecule has 28 heavy (non-hydrogen) atoms. The lowest BCUT2D eigenvalue weighted by atomic mass is 10.0. The number of ketones is 1. The quantitative estimate of drug-likeness (QED) is 0.208. The van der Waals surface area contributed by atoms with Gasteiger partial charge in [-0.15, -0.1) is 0 Å². The summed E-state index contributed by atoms with van der Waals surface area (Å²) < 4.78 is 21.7. The van der Waals surface area contributed by atoms with E-state index < -0.39 is 5.97 Å². The number of carbonyl (C=O) groups is 2. The lowest BCUT2D eigenvalue weighted by Crippen LogP contribution is -2.13. The van der Waals surface area contributed by atoms with Gasteiger partial charge in [0.25, 0.3) is 0 Å². The number of Topliss-reactive ketones (excluding diaryl/α,β-unsaturated/α-hetero) is 1. The van der Waals surface area contributed by atoms with Crippen LogP contribution in [0.3, 0.4) is 0 Å². The fourth-order valence-electron chi connectivity index (χ4n) is 2.64. The number of carbonyl (C=O) groups excluding carboxylic acids is 2. The smallest absolute Gasteiger partial charge is 0.343 e. The summed E-state index contributed by atoms with van der Waals surface area (Å²) in [5.41, 5.74) is 0.416. The van der Waals surface area contributed by atoms with Gasteiger partial charge in [0.1, 0.15) is 11.5 Å². The van der Waals surface area contributed by atoms with Crippen molar-refractivity contribution in [2.45, 2.75) is 19.8 Å². The Morgan fingerprint density at radius 1 is 1.00 bits per heavy atom. The van der Waals surface area contributed by atoms with Crippen molar-refractivity contribution in [2.24, 2.45) is 0 Å². The van der Waals surface area contributed by atoms with Gasteiger partial charge in [-0.05, 0) is 19.4 Å². The Bertz CT molecular complexity index is 805. The number of halogens is 1. The molecule has 0 aliphatic heterocycles. The molecule has 0 heterocycles. The molecule has 0 unspecified atom stereocenters. The maximum absolute atomic E-state index is 12.2. The number of fused-ring (bicyclic) bond motifs is 1. The maximum atomic E-state index is 12.2. The Hall–Kier alpha value is -2.12. The predicted octanol–water partition coefficient (Wildman–Crippen LogP) is 4.16. The van der Waals surface area contributed by atoms with Crippen molar-refractivity contribution >= 4 is 38.5 Å². The zero-order valence-corrected chi connectivity index (χ0v) is 17.7. The van der Waals surface area contributed by atoms with E-state index in [0.717, 1.165) is 22.5 Å². The number of esters is 1. The summed E-state index contributed by atoms with van der Waals surface area (Å²) >= 11 is 3.36. The summed E-state index contributed by atoms with van der Waals surface area (Å²) in [7, 11) is 1.30. The Balaban J connectivity index is 2.21. The first-order valence-electron chi connectivity index (χ1n) is 9.11. The molecule has 2 aromatic carbocycles. The molecule has 0 aromatic heterocycles. The van der Waals surface area contributed by atoms with E-state index in [4.69, 9.17) is 14.2 Å². The van der Waals surface area contributed by atoms with Crippen LogP contribution in [0.5, 0.6) is 11.5 Å². The van der Waals surface area contributed by atoms with Crippen LogP contribution in [0.4, 0.5) is 0 Å². The second-order valence-electron chi connectivity index (χ2n) is 6.07. The van der Waals surface area contributed by atoms with Crippen LogP contribution in [0.2, 0.25) is 0 Å². The minimum atomic E-state index is -0.492. The third-order valence-corrected chi connectivity index (χ3v) is 4.57. The molecule has 152 valence electrons. The van der Waals surface area contributed by atoms with E-state index >= 15 is 0 Å². The molecular weight excluding hydrogens is 428 g/mol. The summed E-state index contributed by atoms with van der Waals surface area (Å²) in [5.74, 6) is 0.330. The fraction of sp³-hybridized carbons (Fsp3) is 0.429. The third-order valence-electron chi connectivity index (χ3n) is 4.01. The van der Waals surface area contributed by atoms with Gasteiger partial charge in [-0.2, -0.15) is 0 Å². The average molecular weight is 453 g/mol. The number of hydrogen-bond donors (Lipinski definition) is 0. The zero-order valence-electron chi connectivity index (χ0n) is 16.2. The van der Waals surface area contributed by atoms with Crippen molar-refractivity contribution in [3.63, 3.8) is 0 Å². The Kier molecular flexibility index (Phi) is 9.23. The minimum absolute atomic E-state index is 0.141. The van der Waals surface area contributed by atoms with Gasteiger partial charge >= 0.3 is 5.97 Å². The largest absolute Gasteiger partial charge is 0.492 e. The molecule has 0 radical (unpaired) electrons. The molecule has 0 amide bonds. The highest BCUT2D eigenvalue weighted by Crippen LogP contribution is 2.37. The lowest BCUT2D eigenvalue weighted by molar-refractivity contribution is -0.142. The molecule has 0 aliphatic carbocycles. The maximum Gasteiger partial charge on any atom is 0.343 e. The summed E-state index contributed by atoms with van der Waals surface area (Å²) in [6.07, 6.45) is 1.68. The molecule has 0 spiro atoms. The Morgan fingerprint density at radius 2 is 1.71 bits per heavy atom. The van der Waals surface area contributed by atoms with Crippen LogP contribution in [0.15, 0.2) is 30.3 Å². The van der Waals surface area contributed by atoms with E-state index in [2.05, 4.69) is 20.7 Å². The summed E-state index contributed by atoms with van der Waals surface area (Å²) in [6, 6.07) is 9.08. The van der Waals surface area contributed by atoms with Crippen LogP contribution in [-0.4, -0.2) is 50.6 Å². The number of ether oxygens (including phenoxy) is 4. The van der Waals surface area contributed by atoms with Crippen molar-refractivity contribution in [3.05, 3.63) is 35.9 Å². The van der Waals surface area contributed by atoms with E-state index in [1.165, 1.54) is 14.0 Å². The first kappa shape index (κ1) is 22.2. The summed E-state index contributed by atoms with van der Waals surface area (Å²) in [4.78, 5) is 23.6. The highest BCUT2D eigenvalue weighted by Gasteiger charge is 2.18. The van der Waals surface area contributed by atoms with Crippen LogP contribution < -0.4 is 9.47 Å². The van der Waals surface area contributed by atoms with E-state index in [-0.39, 0.29) is 12.4 Å². The highest BCUT2D eigenvalue weighted by atomic mass is 79.9. The lowest BCUT2D eigenvalue weighted by Gasteiger charge is -2.16. The van der Waals surface area contributed by atoms with Crippen LogP contribution in [0.1, 0.15) is 30.1 Å². The first-order chi connectivity index (χ1) is 13.6. The van der Waals surface area contributed by atoms with Crippen molar-refractivity contribution in [2.75, 3.05) is 38.9 Å². The van der Waals surface area contributed by atoms with Gasteiger partial charge in [-0.1, -0.05) is 40.2 Å². The molecule has 0 aliphatic rings. The SMILES string of the molecule is COC(=O)COc1cc(C(C)=O)c(OCCCOCCCBr)c2ccccc12. The summed E-state index contributed by atoms with van der Waals surface area (Å²) in [5, 5.41) is 2.44. The topological polar surface area (TPSA) is 71.1 Å². The van der Waals surface area contributed by atoms with Crippen molar-refractivity contribution in [3.8, 4) is 11.5 Å². The second kappa shape index (κ2) is 11.7. The number of benzene rings is 2. The molecule has 0 fully saturated rings. The number of rotatable bonds is 12. The Labute approximate surface area is 173 Å². The van der Waals surface area contributed by atoms with Crippen LogP contribution in [0.25, 0.3) is 10.8 Å². The van der Waals surface area contributed by atoms with Crippen LogP contribution in [0, 0.1) is 0 Å². The van der Waals surface area contributed by atoms with Gasteiger partial charge < -0.3 is 18.9 Å². The van der Waals surface area contributed by atoms with Gasteiger partial charge in [0.05, 0.1) is 19.3 Å². The normalized spacial score (nSPS) is 10.7. The van der Waals surface area contributed by atoms with E-state index in [0.29, 0.717) is 43.3 Å². The second-order valence-corrected chi connectivity index (χ2v) is 6.87. The standard InChI is InChI=1S/C21H25BrO6/c1-15(23)18-13-19(28-14-20(24)25-2)16-7-3-4-8-17(16)21(18)27-12-6-11-26-10-5-9-22/h3-4,7-8,13H,5-6,9-12,14H2,1-2H3. The zero-order chi connectivity index (χ0) is 20.4. The molecule has 7 heteroatoms. The molecule has 0 N–H and O–H groups in total. The van der Waals surface area contributed by atoms with Gasteiger partial charge in [0.15, 0.2) is 12.4 Å². The molecule has 6 nitrogen and oxygen atoms in total. The Morgan fingerprint density at radius 3 is 2.39 bits per heavy atom. The summed E-state index contributed by atoms with van der Waals surface area (Å²) in [6.45, 7) is 2.98. The fourth-order valence-corrected chi connectivity index (χ4v) is 2.87. The van der Waals surface area contributed by atoms with E-state index in [1.807, 2.05) is 24.3 Å². The minimum Gasteiger partial charge on any atom is -0.492 e. The molecule has 0 bridgehead atoms. The molecule has 0 saturated carbocycles. The number of alkyl halides is 1. The molecule has 0 atom stereocenters. The molecule has 2 rings (SSSR count). The monoisotopic (exact) mass is 452 g/mol. The van der Waals surface area contributed by atoms with Crippen molar-refractivity contribution in [1.29, 1.82) is 0 Å². The van der Waals surface area contributed by atoms with Crippen LogP contribution in [-0.2, 0) is 14.3 Å². The number of methoxy groups -OCH3 is 1. The average Bonchev–Trinajstić information content (AvgIpc) is 2.71. The molecule has 0 saturated heterocycles. The van der Waals surface area contributed by atoms with Crippen LogP contribution >= 0.6 is 15.9 Å². The van der Waals surface area contributed by atoms with Gasteiger partial charge in [0, 0.05) is 35.7 Å². The van der Waals surface area contributed by atoms with Crippen molar-refractivity contribution < 1.29 is 28.5 Å². The first-order valence-corrected chi connectivity index (χ1v) is 10.2. The van der Waals surface area contributed by atoms with Crippen molar-refractivity contribution in [1.82, 2.24) is 0 Å².